The van der Waals surface area contributed by atoms with Gasteiger partial charge in [-0.25, -0.2) is 28.2 Å². The van der Waals surface area contributed by atoms with Crippen LogP contribution in [0, 0.1) is 17.6 Å². The van der Waals surface area contributed by atoms with Crippen molar-refractivity contribution in [1.29, 1.82) is 0 Å². The average Bonchev–Trinajstić information content (AvgIpc) is 3.98. The number of rotatable bonds is 11. The number of nitrogen functional groups attached to an aromatic ring is 1. The van der Waals surface area contributed by atoms with E-state index in [1.54, 1.807) is 14.7 Å². The molecule has 5 fully saturated rings. The van der Waals surface area contributed by atoms with Crippen molar-refractivity contribution in [1.82, 2.24) is 55.1 Å². The number of piperazine rings is 1. The zero-order chi connectivity index (χ0) is 50.6. The van der Waals surface area contributed by atoms with Gasteiger partial charge >= 0.3 is 6.09 Å². The summed E-state index contributed by atoms with van der Waals surface area (Å²) in [5.41, 5.74) is 9.62. The number of halogens is 2. The highest BCUT2D eigenvalue weighted by atomic mass is 19.1. The largest absolute Gasteiger partial charge is 0.439 e. The highest BCUT2D eigenvalue weighted by Gasteiger charge is 2.41. The molecule has 1 unspecified atom stereocenters. The number of benzene rings is 1. The second kappa shape index (κ2) is 19.3. The molecular formula is C50H62F2N14O6. The van der Waals surface area contributed by atoms with Crippen LogP contribution >= 0.6 is 0 Å². The normalized spacial score (nSPS) is 20.0. The summed E-state index contributed by atoms with van der Waals surface area (Å²) in [5.74, 6) is -0.956. The van der Waals surface area contributed by atoms with Gasteiger partial charge in [0.15, 0.2) is 23.9 Å². The Morgan fingerprint density at radius 1 is 0.847 bits per heavy atom. The standard InChI is InChI=1S/C50H62F2N14O6/c1-49(2,3)66-46-40(45(53)54-27-55-46)41(60-66)42-39(44(72-61-42)29-6-7-29)35-9-8-34(58-59-35)28-12-16-64(17-13-28)48(70)71-26-38(68)62-18-14-30(15-19-62)50(4,5)65-22-20-63(21-23-65)43-32(51)24-31(25-33(43)52)56-36-10-11-37(67)57-47(36)69/h8-9,24-25,27-30,36,56H,6-7,10-23,26H2,1-5H3,(H2,53,54,55)(H,57,67,69). The third-order valence-corrected chi connectivity index (χ3v) is 15.3. The molecule has 4 saturated heterocycles. The summed E-state index contributed by atoms with van der Waals surface area (Å²) in [6, 6.07) is 5.54. The molecule has 4 aliphatic heterocycles. The van der Waals surface area contributed by atoms with Crippen molar-refractivity contribution >= 4 is 52.0 Å². The van der Waals surface area contributed by atoms with Crippen LogP contribution in [0.5, 0.6) is 0 Å². The summed E-state index contributed by atoms with van der Waals surface area (Å²) in [4.78, 5) is 66.4. The number of nitrogens with two attached hydrogens (primary N) is 1. The second-order valence-electron chi connectivity index (χ2n) is 21.3. The Morgan fingerprint density at radius 3 is 2.18 bits per heavy atom. The first-order chi connectivity index (χ1) is 34.4. The number of likely N-dealkylation sites (tertiary alicyclic amines) is 2. The maximum Gasteiger partial charge on any atom is 0.410 e. The van der Waals surface area contributed by atoms with E-state index >= 15 is 8.78 Å². The van der Waals surface area contributed by atoms with Gasteiger partial charge in [0, 0.05) is 81.8 Å². The lowest BCUT2D eigenvalue weighted by Gasteiger charge is -2.50. The van der Waals surface area contributed by atoms with Crippen LogP contribution in [0.25, 0.3) is 33.7 Å². The second-order valence-corrected chi connectivity index (χ2v) is 21.3. The number of aromatic nitrogens is 7. The van der Waals surface area contributed by atoms with Gasteiger partial charge < -0.3 is 35.0 Å². The Kier molecular flexibility index (Phi) is 13.1. The Labute approximate surface area is 415 Å². The SMILES string of the molecule is CC(C)(C1CCN(C(=O)COC(=O)N2CCC(c3ccc(-c4c(-c5nn(C(C)(C)C)c6ncnc(N)c56)noc4C4CC4)nn3)CC2)CC1)N1CCN(c2c(F)cc(NC3CCC(=O)NC3=O)cc2F)CC1. The molecule has 1 aromatic carbocycles. The van der Waals surface area contributed by atoms with E-state index in [9.17, 15) is 19.2 Å². The minimum absolute atomic E-state index is 0.0704. The van der Waals surface area contributed by atoms with Gasteiger partial charge in [0.2, 0.25) is 11.8 Å². The number of imide groups is 1. The fourth-order valence-corrected chi connectivity index (χ4v) is 10.9. The summed E-state index contributed by atoms with van der Waals surface area (Å²) in [5, 5.41) is 24.5. The Balaban J connectivity index is 0.683. The van der Waals surface area contributed by atoms with Crippen LogP contribution in [0.1, 0.15) is 109 Å². The molecule has 5 aliphatic rings. The van der Waals surface area contributed by atoms with Crippen molar-refractivity contribution in [2.24, 2.45) is 5.92 Å². The third-order valence-electron chi connectivity index (χ3n) is 15.3. The van der Waals surface area contributed by atoms with Crippen molar-refractivity contribution in [3.63, 3.8) is 0 Å². The Bertz CT molecular complexity index is 2850. The zero-order valence-corrected chi connectivity index (χ0v) is 41.4. The highest BCUT2D eigenvalue weighted by molar-refractivity contribution is 6.02. The quantitative estimate of drug-likeness (QED) is 0.133. The number of amides is 4. The molecule has 0 radical (unpaired) electrons. The highest BCUT2D eigenvalue weighted by Crippen LogP contribution is 2.48. The van der Waals surface area contributed by atoms with E-state index in [4.69, 9.17) is 25.2 Å². The molecule has 4 amide bonds. The summed E-state index contributed by atoms with van der Waals surface area (Å²) >= 11 is 0. The number of nitrogens with zero attached hydrogens (tertiary/aromatic N) is 11. The molecule has 1 aliphatic carbocycles. The predicted octanol–water partition coefficient (Wildman–Crippen LogP) is 5.80. The lowest BCUT2D eigenvalue weighted by molar-refractivity contribution is -0.137. The number of fused-ring (bicyclic) bond motifs is 1. The minimum atomic E-state index is -0.752. The minimum Gasteiger partial charge on any atom is -0.439 e. The van der Waals surface area contributed by atoms with Crippen LogP contribution in [-0.4, -0.2) is 144 Å². The molecule has 1 saturated carbocycles. The van der Waals surface area contributed by atoms with Crippen LogP contribution in [0.3, 0.4) is 0 Å². The first-order valence-electron chi connectivity index (χ1n) is 25.1. The van der Waals surface area contributed by atoms with Crippen LogP contribution in [0.4, 0.5) is 30.8 Å². The molecule has 8 heterocycles. The fourth-order valence-electron chi connectivity index (χ4n) is 10.9. The molecule has 22 heteroatoms. The first kappa shape index (κ1) is 48.8. The fraction of sp³-hybridized carbons (Fsp3) is 0.560. The molecule has 72 heavy (non-hydrogen) atoms. The smallest absolute Gasteiger partial charge is 0.410 e. The lowest BCUT2D eigenvalue weighted by atomic mass is 9.78. The van der Waals surface area contributed by atoms with E-state index in [1.807, 2.05) is 37.6 Å². The molecule has 382 valence electrons. The van der Waals surface area contributed by atoms with E-state index in [2.05, 4.69) is 49.6 Å². The number of ether oxygens (including phenoxy) is 1. The van der Waals surface area contributed by atoms with Gasteiger partial charge in [-0.1, -0.05) is 5.16 Å². The number of nitrogens with one attached hydrogen (secondary N) is 2. The van der Waals surface area contributed by atoms with Crippen molar-refractivity contribution in [2.75, 3.05) is 74.9 Å². The molecule has 0 spiro atoms. The number of hydrogen-bond donors (Lipinski definition) is 3. The van der Waals surface area contributed by atoms with E-state index in [1.165, 1.54) is 18.5 Å². The molecule has 5 aromatic rings. The molecule has 4 aromatic heterocycles. The lowest BCUT2D eigenvalue weighted by Crippen LogP contribution is -2.59. The summed E-state index contributed by atoms with van der Waals surface area (Å²) in [6.45, 7) is 14.2. The predicted molar refractivity (Wildman–Crippen MR) is 261 cm³/mol. The molecule has 1 atom stereocenters. The number of carbonyl (C=O) groups is 4. The van der Waals surface area contributed by atoms with E-state index in [-0.39, 0.29) is 65.9 Å². The summed E-state index contributed by atoms with van der Waals surface area (Å²) in [7, 11) is 0. The maximum atomic E-state index is 15.4. The van der Waals surface area contributed by atoms with Crippen molar-refractivity contribution in [2.45, 2.75) is 115 Å². The summed E-state index contributed by atoms with van der Waals surface area (Å²) in [6.07, 6.45) is 6.12. The van der Waals surface area contributed by atoms with E-state index in [0.29, 0.717) is 99.1 Å². The van der Waals surface area contributed by atoms with Crippen LogP contribution in [-0.2, 0) is 24.7 Å². The van der Waals surface area contributed by atoms with Crippen molar-refractivity contribution in [3.05, 3.63) is 53.7 Å². The van der Waals surface area contributed by atoms with Crippen molar-refractivity contribution in [3.8, 4) is 22.6 Å². The van der Waals surface area contributed by atoms with Crippen LogP contribution < -0.4 is 21.3 Å². The average molecular weight is 993 g/mol. The van der Waals surface area contributed by atoms with Gasteiger partial charge in [-0.2, -0.15) is 15.3 Å². The van der Waals surface area contributed by atoms with E-state index in [0.717, 1.165) is 42.7 Å². The van der Waals surface area contributed by atoms with Crippen LogP contribution in [0.2, 0.25) is 0 Å². The monoisotopic (exact) mass is 992 g/mol. The van der Waals surface area contributed by atoms with Crippen molar-refractivity contribution < 1.29 is 37.2 Å². The third kappa shape index (κ3) is 9.63. The Morgan fingerprint density at radius 2 is 1.54 bits per heavy atom. The van der Waals surface area contributed by atoms with Gasteiger partial charge in [-0.3, -0.25) is 24.6 Å². The zero-order valence-electron chi connectivity index (χ0n) is 41.4. The Hall–Kier alpha value is -6.84. The topological polar surface area (TPSA) is 236 Å². The molecule has 4 N–H and O–H groups in total. The van der Waals surface area contributed by atoms with Gasteiger partial charge in [0.25, 0.3) is 5.91 Å². The molecule has 0 bridgehead atoms. The summed E-state index contributed by atoms with van der Waals surface area (Å²) < 4.78 is 44.2. The number of carbonyl (C=O) groups excluding carboxylic acids is 4. The molecular weight excluding hydrogens is 931 g/mol. The number of piperidine rings is 3. The number of anilines is 3. The van der Waals surface area contributed by atoms with Gasteiger partial charge in [0.05, 0.1) is 27.9 Å². The maximum absolute atomic E-state index is 15.4. The number of hydrogen-bond acceptors (Lipinski definition) is 16. The van der Waals surface area contributed by atoms with E-state index < -0.39 is 35.2 Å². The van der Waals surface area contributed by atoms with Gasteiger partial charge in [0.1, 0.15) is 41.0 Å². The molecule has 20 nitrogen and oxygen atoms in total. The van der Waals surface area contributed by atoms with Crippen LogP contribution in [0.15, 0.2) is 35.1 Å². The van der Waals surface area contributed by atoms with Gasteiger partial charge in [-0.15, -0.1) is 0 Å². The first-order valence-corrected chi connectivity index (χ1v) is 25.1. The molecule has 10 rings (SSSR count). The van der Waals surface area contributed by atoms with Gasteiger partial charge in [-0.05, 0) is 110 Å².